The summed E-state index contributed by atoms with van der Waals surface area (Å²) in [6.07, 6.45) is 2.84. The monoisotopic (exact) mass is 260 g/mol. The summed E-state index contributed by atoms with van der Waals surface area (Å²) in [6.45, 7) is 3.95. The Morgan fingerprint density at radius 3 is 2.53 bits per heavy atom. The number of carboxylic acid groups (broad SMARTS) is 1. The fourth-order valence-electron chi connectivity index (χ4n) is 2.89. The molecule has 0 heterocycles. The molecule has 2 rings (SSSR count). The maximum Gasteiger partial charge on any atom is 0.306 e. The Kier molecular flexibility index (Phi) is 4.03. The highest BCUT2D eigenvalue weighted by atomic mass is 16.4. The quantitative estimate of drug-likeness (QED) is 0.848. The van der Waals surface area contributed by atoms with Crippen molar-refractivity contribution in [1.82, 2.24) is 0 Å². The first-order chi connectivity index (χ1) is 9.00. The molecule has 3 nitrogen and oxygen atoms in total. The van der Waals surface area contributed by atoms with Crippen LogP contribution in [0.25, 0.3) is 0 Å². The smallest absolute Gasteiger partial charge is 0.306 e. The molecule has 0 saturated heterocycles. The number of carbonyl (C=O) groups is 2. The van der Waals surface area contributed by atoms with Gasteiger partial charge in [0.05, 0.1) is 5.92 Å². The number of rotatable bonds is 3. The average Bonchev–Trinajstić information content (AvgIpc) is 2.41. The number of aliphatic carboxylic acids is 1. The molecule has 1 N–H and O–H groups in total. The fourth-order valence-corrected chi connectivity index (χ4v) is 2.89. The number of hydrogen-bond acceptors (Lipinski definition) is 2. The van der Waals surface area contributed by atoms with E-state index in [2.05, 4.69) is 0 Å². The van der Waals surface area contributed by atoms with Gasteiger partial charge in [-0.3, -0.25) is 9.59 Å². The van der Waals surface area contributed by atoms with Crippen LogP contribution in [0.3, 0.4) is 0 Å². The third kappa shape index (κ3) is 2.86. The normalized spacial score (nSPS) is 23.1. The molecule has 0 radical (unpaired) electrons. The number of Topliss-reactive ketones (excluding diaryl/α,β-unsaturated/α-hetero) is 1. The van der Waals surface area contributed by atoms with Crippen LogP contribution in [0.15, 0.2) is 18.2 Å². The molecule has 1 aromatic rings. The van der Waals surface area contributed by atoms with Crippen molar-refractivity contribution >= 4 is 11.8 Å². The standard InChI is InChI=1S/C16H20O3/c1-10-5-3-8-14(11(10)2)15(17)12-6-4-7-13(9-12)16(18)19/h3,5,8,12-13H,4,6-7,9H2,1-2H3,(H,18,19)/t12-,13+/m1/s1. The summed E-state index contributed by atoms with van der Waals surface area (Å²) < 4.78 is 0. The van der Waals surface area contributed by atoms with E-state index in [1.165, 1.54) is 0 Å². The second kappa shape index (κ2) is 5.55. The SMILES string of the molecule is Cc1cccc(C(=O)[C@@H]2CCC[C@H](C(=O)O)C2)c1C. The van der Waals surface area contributed by atoms with Gasteiger partial charge in [0.2, 0.25) is 0 Å². The van der Waals surface area contributed by atoms with Gasteiger partial charge in [0.1, 0.15) is 0 Å². The van der Waals surface area contributed by atoms with Crippen LogP contribution in [0.5, 0.6) is 0 Å². The first kappa shape index (κ1) is 13.8. The van der Waals surface area contributed by atoms with Crippen molar-refractivity contribution in [2.45, 2.75) is 39.5 Å². The molecule has 0 aromatic heterocycles. The predicted molar refractivity (Wildman–Crippen MR) is 73.3 cm³/mol. The topological polar surface area (TPSA) is 54.4 Å². The molecule has 0 bridgehead atoms. The third-order valence-electron chi connectivity index (χ3n) is 4.26. The molecule has 19 heavy (non-hydrogen) atoms. The van der Waals surface area contributed by atoms with Crippen LogP contribution in [0, 0.1) is 25.7 Å². The zero-order chi connectivity index (χ0) is 14.0. The Morgan fingerprint density at radius 1 is 1.16 bits per heavy atom. The summed E-state index contributed by atoms with van der Waals surface area (Å²) in [7, 11) is 0. The Hall–Kier alpha value is -1.64. The lowest BCUT2D eigenvalue weighted by atomic mass is 9.77. The summed E-state index contributed by atoms with van der Waals surface area (Å²) >= 11 is 0. The van der Waals surface area contributed by atoms with Crippen molar-refractivity contribution in [2.24, 2.45) is 11.8 Å². The molecule has 0 unspecified atom stereocenters. The molecule has 0 amide bonds. The number of hydrogen-bond donors (Lipinski definition) is 1. The van der Waals surface area contributed by atoms with Crippen LogP contribution in [0.4, 0.5) is 0 Å². The molecule has 102 valence electrons. The van der Waals surface area contributed by atoms with Crippen LogP contribution < -0.4 is 0 Å². The van der Waals surface area contributed by atoms with Crippen LogP contribution in [-0.4, -0.2) is 16.9 Å². The summed E-state index contributed by atoms with van der Waals surface area (Å²) in [5.41, 5.74) is 2.89. The molecule has 1 saturated carbocycles. The number of aryl methyl sites for hydroxylation is 1. The van der Waals surface area contributed by atoms with E-state index < -0.39 is 5.97 Å². The highest BCUT2D eigenvalue weighted by molar-refractivity contribution is 5.99. The minimum atomic E-state index is -0.765. The van der Waals surface area contributed by atoms with Gasteiger partial charge in [0.25, 0.3) is 0 Å². The highest BCUT2D eigenvalue weighted by Gasteiger charge is 2.31. The fraction of sp³-hybridized carbons (Fsp3) is 0.500. The molecule has 1 aliphatic carbocycles. The zero-order valence-corrected chi connectivity index (χ0v) is 11.5. The van der Waals surface area contributed by atoms with Crippen LogP contribution >= 0.6 is 0 Å². The minimum Gasteiger partial charge on any atom is -0.481 e. The van der Waals surface area contributed by atoms with Gasteiger partial charge < -0.3 is 5.11 Å². The number of carboxylic acids is 1. The van der Waals surface area contributed by atoms with Crippen molar-refractivity contribution in [1.29, 1.82) is 0 Å². The van der Waals surface area contributed by atoms with Crippen molar-refractivity contribution in [3.63, 3.8) is 0 Å². The summed E-state index contributed by atoms with van der Waals surface area (Å²) in [6, 6.07) is 5.75. The number of benzene rings is 1. The van der Waals surface area contributed by atoms with E-state index in [4.69, 9.17) is 5.11 Å². The van der Waals surface area contributed by atoms with Gasteiger partial charge in [-0.15, -0.1) is 0 Å². The summed E-state index contributed by atoms with van der Waals surface area (Å²) in [4.78, 5) is 23.6. The number of ketones is 1. The maximum absolute atomic E-state index is 12.5. The van der Waals surface area contributed by atoms with E-state index in [0.717, 1.165) is 29.5 Å². The molecular weight excluding hydrogens is 240 g/mol. The van der Waals surface area contributed by atoms with E-state index in [0.29, 0.717) is 12.8 Å². The molecule has 0 spiro atoms. The lowest BCUT2D eigenvalue weighted by Gasteiger charge is -2.26. The van der Waals surface area contributed by atoms with E-state index >= 15 is 0 Å². The summed E-state index contributed by atoms with van der Waals surface area (Å²) in [5, 5.41) is 9.10. The zero-order valence-electron chi connectivity index (χ0n) is 11.5. The highest BCUT2D eigenvalue weighted by Crippen LogP contribution is 2.32. The van der Waals surface area contributed by atoms with Gasteiger partial charge >= 0.3 is 5.97 Å². The molecule has 2 atom stereocenters. The van der Waals surface area contributed by atoms with Crippen molar-refractivity contribution in [2.75, 3.05) is 0 Å². The molecule has 3 heteroatoms. The first-order valence-corrected chi connectivity index (χ1v) is 6.84. The third-order valence-corrected chi connectivity index (χ3v) is 4.26. The molecule has 1 aromatic carbocycles. The molecule has 1 fully saturated rings. The predicted octanol–water partition coefficient (Wildman–Crippen LogP) is 3.38. The van der Waals surface area contributed by atoms with Gasteiger partial charge in [-0.1, -0.05) is 24.6 Å². The first-order valence-electron chi connectivity index (χ1n) is 6.84. The largest absolute Gasteiger partial charge is 0.481 e. The van der Waals surface area contributed by atoms with Crippen LogP contribution in [0.1, 0.15) is 47.2 Å². The molecule has 1 aliphatic rings. The lowest BCUT2D eigenvalue weighted by molar-refractivity contribution is -0.143. The molecule has 0 aliphatic heterocycles. The molecular formula is C16H20O3. The Bertz CT molecular complexity index is 505. The van der Waals surface area contributed by atoms with Gasteiger partial charge in [-0.25, -0.2) is 0 Å². The Balaban J connectivity index is 2.19. The minimum absolute atomic E-state index is 0.118. The Labute approximate surface area is 113 Å². The second-order valence-corrected chi connectivity index (χ2v) is 5.51. The Morgan fingerprint density at radius 2 is 1.84 bits per heavy atom. The van der Waals surface area contributed by atoms with Gasteiger partial charge in [-0.2, -0.15) is 0 Å². The second-order valence-electron chi connectivity index (χ2n) is 5.51. The van der Waals surface area contributed by atoms with E-state index in [-0.39, 0.29) is 17.6 Å². The van der Waals surface area contributed by atoms with Gasteiger partial charge in [0, 0.05) is 11.5 Å². The van der Waals surface area contributed by atoms with E-state index in [1.54, 1.807) is 0 Å². The van der Waals surface area contributed by atoms with E-state index in [9.17, 15) is 9.59 Å². The summed E-state index contributed by atoms with van der Waals surface area (Å²) in [5.74, 6) is -1.13. The van der Waals surface area contributed by atoms with Gasteiger partial charge in [0.15, 0.2) is 5.78 Å². The average molecular weight is 260 g/mol. The lowest BCUT2D eigenvalue weighted by Crippen LogP contribution is -2.27. The van der Waals surface area contributed by atoms with Crippen LogP contribution in [0.2, 0.25) is 0 Å². The maximum atomic E-state index is 12.5. The number of carbonyl (C=O) groups excluding carboxylic acids is 1. The van der Waals surface area contributed by atoms with E-state index in [1.807, 2.05) is 32.0 Å². The van der Waals surface area contributed by atoms with Crippen molar-refractivity contribution in [3.8, 4) is 0 Å². The van der Waals surface area contributed by atoms with Crippen molar-refractivity contribution in [3.05, 3.63) is 34.9 Å². The van der Waals surface area contributed by atoms with Gasteiger partial charge in [-0.05, 0) is 44.2 Å². The van der Waals surface area contributed by atoms with Crippen molar-refractivity contribution < 1.29 is 14.7 Å². The van der Waals surface area contributed by atoms with Crippen LogP contribution in [-0.2, 0) is 4.79 Å².